The third-order valence-corrected chi connectivity index (χ3v) is 2.84. The van der Waals surface area contributed by atoms with E-state index < -0.39 is 17.8 Å². The van der Waals surface area contributed by atoms with Gasteiger partial charge in [0.25, 0.3) is 5.91 Å². The molecule has 21 heavy (non-hydrogen) atoms. The van der Waals surface area contributed by atoms with E-state index in [0.29, 0.717) is 16.9 Å². The van der Waals surface area contributed by atoms with Crippen molar-refractivity contribution in [1.82, 2.24) is 0 Å². The average molecular weight is 287 g/mol. The summed E-state index contributed by atoms with van der Waals surface area (Å²) in [7, 11) is 0. The summed E-state index contributed by atoms with van der Waals surface area (Å²) >= 11 is 0. The summed E-state index contributed by atoms with van der Waals surface area (Å²) < 4.78 is 13.2. The van der Waals surface area contributed by atoms with Crippen molar-refractivity contribution in [2.45, 2.75) is 6.92 Å². The van der Waals surface area contributed by atoms with Crippen LogP contribution in [0.5, 0.6) is 0 Å². The molecule has 2 aromatic rings. The van der Waals surface area contributed by atoms with Crippen LogP contribution in [-0.4, -0.2) is 11.9 Å². The zero-order valence-electron chi connectivity index (χ0n) is 11.3. The van der Waals surface area contributed by atoms with Crippen LogP contribution in [0.25, 0.3) is 0 Å². The molecule has 3 amide bonds. The summed E-state index contributed by atoms with van der Waals surface area (Å²) in [5.74, 6) is -0.836. The number of hydrogen-bond acceptors (Lipinski definition) is 2. The molecular formula is C15H14FN3O2. The fraction of sp³-hybridized carbons (Fsp3) is 0.0667. The van der Waals surface area contributed by atoms with Gasteiger partial charge in [0, 0.05) is 16.9 Å². The lowest BCUT2D eigenvalue weighted by molar-refractivity contribution is 0.102. The van der Waals surface area contributed by atoms with Gasteiger partial charge in [-0.1, -0.05) is 12.1 Å². The van der Waals surface area contributed by atoms with Gasteiger partial charge in [0.1, 0.15) is 5.82 Å². The Hall–Kier alpha value is -2.89. The van der Waals surface area contributed by atoms with Crippen LogP contribution in [0.1, 0.15) is 15.9 Å². The maximum atomic E-state index is 13.2. The molecule has 0 radical (unpaired) electrons. The molecule has 6 heteroatoms. The second kappa shape index (κ2) is 6.04. The molecule has 0 aliphatic heterocycles. The fourth-order valence-corrected chi connectivity index (χ4v) is 1.80. The van der Waals surface area contributed by atoms with Gasteiger partial charge in [0.2, 0.25) is 0 Å². The zero-order valence-corrected chi connectivity index (χ0v) is 11.3. The molecule has 0 saturated carbocycles. The maximum absolute atomic E-state index is 13.2. The monoisotopic (exact) mass is 287 g/mol. The highest BCUT2D eigenvalue weighted by Crippen LogP contribution is 2.18. The van der Waals surface area contributed by atoms with E-state index in [1.807, 2.05) is 0 Å². The minimum atomic E-state index is -0.714. The molecule has 5 nitrogen and oxygen atoms in total. The van der Waals surface area contributed by atoms with Gasteiger partial charge in [-0.2, -0.15) is 0 Å². The van der Waals surface area contributed by atoms with Crippen molar-refractivity contribution in [1.29, 1.82) is 0 Å². The fourth-order valence-electron chi connectivity index (χ4n) is 1.80. The van der Waals surface area contributed by atoms with Crippen molar-refractivity contribution in [3.8, 4) is 0 Å². The number of carbonyl (C=O) groups is 2. The number of nitrogens with two attached hydrogens (primary N) is 1. The molecule has 0 bridgehead atoms. The first-order valence-electron chi connectivity index (χ1n) is 6.20. The second-order valence-corrected chi connectivity index (χ2v) is 4.48. The molecule has 108 valence electrons. The molecule has 0 fully saturated rings. The Morgan fingerprint density at radius 3 is 2.57 bits per heavy atom. The highest BCUT2D eigenvalue weighted by atomic mass is 19.1. The van der Waals surface area contributed by atoms with Gasteiger partial charge in [0.05, 0.1) is 0 Å². The van der Waals surface area contributed by atoms with E-state index in [1.54, 1.807) is 31.2 Å². The normalized spacial score (nSPS) is 10.0. The standard InChI is InChI=1S/C15H14FN3O2/c1-9-5-6-11(16)8-13(9)19-14(20)10-3-2-4-12(7-10)18-15(17)21/h2-8H,1H3,(H,19,20)(H3,17,18,21). The highest BCUT2D eigenvalue weighted by Gasteiger charge is 2.09. The minimum absolute atomic E-state index is 0.324. The van der Waals surface area contributed by atoms with E-state index in [2.05, 4.69) is 10.6 Å². The topological polar surface area (TPSA) is 84.2 Å². The lowest BCUT2D eigenvalue weighted by atomic mass is 10.1. The number of benzene rings is 2. The van der Waals surface area contributed by atoms with Crippen molar-refractivity contribution < 1.29 is 14.0 Å². The Balaban J connectivity index is 2.20. The molecule has 0 aliphatic carbocycles. The summed E-state index contributed by atoms with van der Waals surface area (Å²) in [6.45, 7) is 1.76. The third kappa shape index (κ3) is 3.79. The first-order chi connectivity index (χ1) is 9.95. The van der Waals surface area contributed by atoms with E-state index in [9.17, 15) is 14.0 Å². The van der Waals surface area contributed by atoms with Gasteiger partial charge < -0.3 is 16.4 Å². The van der Waals surface area contributed by atoms with Crippen molar-refractivity contribution >= 4 is 23.3 Å². The lowest BCUT2D eigenvalue weighted by Crippen LogP contribution is -2.20. The summed E-state index contributed by atoms with van der Waals surface area (Å²) in [5.41, 5.74) is 6.89. The number of hydrogen-bond donors (Lipinski definition) is 3. The van der Waals surface area contributed by atoms with Gasteiger partial charge in [-0.25, -0.2) is 9.18 Å². The average Bonchev–Trinajstić information content (AvgIpc) is 2.42. The number of urea groups is 1. The number of halogens is 1. The highest BCUT2D eigenvalue weighted by molar-refractivity contribution is 6.05. The number of primary amides is 1. The number of amides is 3. The van der Waals surface area contributed by atoms with Crippen LogP contribution in [0.3, 0.4) is 0 Å². The smallest absolute Gasteiger partial charge is 0.316 e. The molecule has 2 aromatic carbocycles. The van der Waals surface area contributed by atoms with Crippen LogP contribution in [0.4, 0.5) is 20.6 Å². The maximum Gasteiger partial charge on any atom is 0.316 e. The molecule has 0 aliphatic rings. The molecular weight excluding hydrogens is 273 g/mol. The molecule has 0 heterocycles. The molecule has 0 spiro atoms. The van der Waals surface area contributed by atoms with Crippen LogP contribution < -0.4 is 16.4 Å². The van der Waals surface area contributed by atoms with Gasteiger partial charge in [-0.15, -0.1) is 0 Å². The van der Waals surface area contributed by atoms with Crippen LogP contribution in [-0.2, 0) is 0 Å². The minimum Gasteiger partial charge on any atom is -0.351 e. The first-order valence-corrected chi connectivity index (χ1v) is 6.20. The quantitative estimate of drug-likeness (QED) is 0.811. The van der Waals surface area contributed by atoms with E-state index in [4.69, 9.17) is 5.73 Å². The Labute approximate surface area is 121 Å². The number of anilines is 2. The zero-order chi connectivity index (χ0) is 15.4. The van der Waals surface area contributed by atoms with Crippen molar-refractivity contribution in [3.63, 3.8) is 0 Å². The SMILES string of the molecule is Cc1ccc(F)cc1NC(=O)c1cccc(NC(N)=O)c1. The van der Waals surface area contributed by atoms with Crippen molar-refractivity contribution in [2.75, 3.05) is 10.6 Å². The van der Waals surface area contributed by atoms with Crippen molar-refractivity contribution in [2.24, 2.45) is 5.73 Å². The largest absolute Gasteiger partial charge is 0.351 e. The molecule has 0 atom stereocenters. The predicted molar refractivity (Wildman–Crippen MR) is 78.7 cm³/mol. The van der Waals surface area contributed by atoms with Crippen LogP contribution >= 0.6 is 0 Å². The van der Waals surface area contributed by atoms with Crippen LogP contribution in [0.2, 0.25) is 0 Å². The van der Waals surface area contributed by atoms with Gasteiger partial charge in [-0.05, 0) is 42.8 Å². The van der Waals surface area contributed by atoms with E-state index in [0.717, 1.165) is 5.56 Å². The molecule has 0 aromatic heterocycles. The van der Waals surface area contributed by atoms with Gasteiger partial charge in [-0.3, -0.25) is 4.79 Å². The van der Waals surface area contributed by atoms with E-state index >= 15 is 0 Å². The number of rotatable bonds is 3. The molecule has 2 rings (SSSR count). The summed E-state index contributed by atoms with van der Waals surface area (Å²) in [6.07, 6.45) is 0. The summed E-state index contributed by atoms with van der Waals surface area (Å²) in [6, 6.07) is 9.71. The molecule has 0 unspecified atom stereocenters. The Kier molecular flexibility index (Phi) is 4.18. The van der Waals surface area contributed by atoms with Gasteiger partial charge >= 0.3 is 6.03 Å². The number of aryl methyl sites for hydroxylation is 1. The Morgan fingerprint density at radius 2 is 1.86 bits per heavy atom. The molecule has 4 N–H and O–H groups in total. The Bertz CT molecular complexity index is 701. The number of carbonyl (C=O) groups excluding carboxylic acids is 2. The number of nitrogens with one attached hydrogen (secondary N) is 2. The predicted octanol–water partition coefficient (Wildman–Crippen LogP) is 2.88. The van der Waals surface area contributed by atoms with E-state index in [-0.39, 0.29) is 0 Å². The van der Waals surface area contributed by atoms with Gasteiger partial charge in [0.15, 0.2) is 0 Å². The third-order valence-electron chi connectivity index (χ3n) is 2.84. The van der Waals surface area contributed by atoms with Crippen LogP contribution in [0.15, 0.2) is 42.5 Å². The molecule has 0 saturated heterocycles. The van der Waals surface area contributed by atoms with Crippen LogP contribution in [0, 0.1) is 12.7 Å². The first kappa shape index (κ1) is 14.5. The second-order valence-electron chi connectivity index (χ2n) is 4.48. The van der Waals surface area contributed by atoms with E-state index in [1.165, 1.54) is 18.2 Å². The summed E-state index contributed by atoms with van der Waals surface area (Å²) in [4.78, 5) is 22.9. The summed E-state index contributed by atoms with van der Waals surface area (Å²) in [5, 5.41) is 5.01. The Morgan fingerprint density at radius 1 is 1.10 bits per heavy atom. The lowest BCUT2D eigenvalue weighted by Gasteiger charge is -2.09. The van der Waals surface area contributed by atoms with Crippen molar-refractivity contribution in [3.05, 3.63) is 59.4 Å².